The first-order chi connectivity index (χ1) is 33.2. The largest absolute Gasteiger partial charge is 0.309 e. The maximum absolute atomic E-state index is 2.55. The van der Waals surface area contributed by atoms with Crippen molar-refractivity contribution in [1.82, 2.24) is 0 Å². The lowest BCUT2D eigenvalue weighted by Crippen LogP contribution is -2.12. The molecule has 0 aliphatic carbocycles. The van der Waals surface area contributed by atoms with Crippen LogP contribution in [0.15, 0.2) is 237 Å². The maximum atomic E-state index is 2.55. The van der Waals surface area contributed by atoms with Crippen LogP contribution in [0, 0.1) is 0 Å². The van der Waals surface area contributed by atoms with Gasteiger partial charge in [-0.15, -0.1) is 22.7 Å². The van der Waals surface area contributed by atoms with Crippen LogP contribution in [0.25, 0.3) is 117 Å². The Labute approximate surface area is 395 Å². The zero-order valence-corrected chi connectivity index (χ0v) is 37.9. The van der Waals surface area contributed by atoms with Gasteiger partial charge in [0.1, 0.15) is 0 Å². The van der Waals surface area contributed by atoms with E-state index in [1.165, 1.54) is 117 Å². The van der Waals surface area contributed by atoms with Crippen molar-refractivity contribution in [1.29, 1.82) is 0 Å². The van der Waals surface area contributed by atoms with Crippen molar-refractivity contribution in [2.24, 2.45) is 0 Å². The Morgan fingerprint density at radius 1 is 0.224 bits per heavy atom. The van der Waals surface area contributed by atoms with Crippen LogP contribution in [0.4, 0.5) is 17.1 Å². The molecule has 312 valence electrons. The predicted octanol–water partition coefficient (Wildman–Crippen LogP) is 19.5. The van der Waals surface area contributed by atoms with E-state index in [0.717, 1.165) is 17.1 Å². The van der Waals surface area contributed by atoms with Crippen molar-refractivity contribution >= 4 is 123 Å². The number of para-hydroxylation sites is 2. The van der Waals surface area contributed by atoms with Crippen LogP contribution >= 0.6 is 22.7 Å². The molecule has 0 aliphatic heterocycles. The highest BCUT2D eigenvalue weighted by Crippen LogP contribution is 2.53. The topological polar surface area (TPSA) is 3.24 Å². The lowest BCUT2D eigenvalue weighted by molar-refractivity contribution is 1.30. The molecule has 0 radical (unpaired) electrons. The van der Waals surface area contributed by atoms with E-state index in [0.29, 0.717) is 0 Å². The van der Waals surface area contributed by atoms with Crippen LogP contribution in [0.5, 0.6) is 0 Å². The van der Waals surface area contributed by atoms with E-state index in [1.807, 2.05) is 22.7 Å². The van der Waals surface area contributed by atoms with Gasteiger partial charge < -0.3 is 4.90 Å². The smallest absolute Gasteiger partial charge is 0.0624 e. The number of anilines is 3. The fraction of sp³-hybridized carbons (Fsp3) is 0. The minimum Gasteiger partial charge on any atom is -0.309 e. The number of thiophene rings is 2. The molecule has 0 saturated carbocycles. The number of rotatable bonds is 6. The lowest BCUT2D eigenvalue weighted by Gasteiger charge is -2.31. The molecule has 0 saturated heterocycles. The molecule has 3 heteroatoms. The highest BCUT2D eigenvalue weighted by molar-refractivity contribution is 7.26. The van der Waals surface area contributed by atoms with Gasteiger partial charge in [-0.25, -0.2) is 0 Å². The fourth-order valence-electron chi connectivity index (χ4n) is 10.9. The molecule has 1 nitrogen and oxygen atoms in total. The number of benzene rings is 12. The highest BCUT2D eigenvalue weighted by atomic mass is 32.1. The van der Waals surface area contributed by atoms with Gasteiger partial charge in [-0.05, 0) is 126 Å². The Morgan fingerprint density at radius 3 is 1.13 bits per heavy atom. The molecule has 0 unspecified atom stereocenters. The van der Waals surface area contributed by atoms with Gasteiger partial charge in [0, 0.05) is 62.7 Å². The van der Waals surface area contributed by atoms with E-state index in [-0.39, 0.29) is 0 Å². The zero-order chi connectivity index (χ0) is 44.0. The van der Waals surface area contributed by atoms with Gasteiger partial charge in [-0.2, -0.15) is 0 Å². The van der Waals surface area contributed by atoms with Gasteiger partial charge in [-0.1, -0.05) is 176 Å². The molecule has 14 aromatic rings. The summed E-state index contributed by atoms with van der Waals surface area (Å²) < 4.78 is 5.24. The number of fused-ring (bicyclic) bond motifs is 11. The van der Waals surface area contributed by atoms with E-state index in [4.69, 9.17) is 0 Å². The van der Waals surface area contributed by atoms with Gasteiger partial charge in [0.2, 0.25) is 0 Å². The molecule has 14 rings (SSSR count). The molecule has 0 atom stereocenters. The molecule has 0 N–H and O–H groups in total. The summed E-state index contributed by atoms with van der Waals surface area (Å²) in [5.41, 5.74) is 10.7. The quantitative estimate of drug-likeness (QED) is 0.119. The molecular formula is C64H39NS2. The Hall–Kier alpha value is -8.08. The average molecular weight is 886 g/mol. The number of nitrogens with zero attached hydrogens (tertiary/aromatic N) is 1. The summed E-state index contributed by atoms with van der Waals surface area (Å²) in [5, 5.41) is 15.1. The van der Waals surface area contributed by atoms with Crippen molar-refractivity contribution < 1.29 is 0 Å². The fourth-order valence-corrected chi connectivity index (χ4v) is 13.2. The number of hydrogen-bond acceptors (Lipinski definition) is 3. The summed E-state index contributed by atoms with van der Waals surface area (Å²) in [6.07, 6.45) is 0. The zero-order valence-electron chi connectivity index (χ0n) is 36.3. The van der Waals surface area contributed by atoms with Gasteiger partial charge in [0.25, 0.3) is 0 Å². The third-order valence-electron chi connectivity index (χ3n) is 13.8. The van der Waals surface area contributed by atoms with E-state index >= 15 is 0 Å². The van der Waals surface area contributed by atoms with Crippen LogP contribution in [0.3, 0.4) is 0 Å². The summed E-state index contributed by atoms with van der Waals surface area (Å²) in [7, 11) is 0. The first-order valence-corrected chi connectivity index (χ1v) is 24.5. The van der Waals surface area contributed by atoms with Crippen molar-refractivity contribution in [2.45, 2.75) is 0 Å². The average Bonchev–Trinajstić information content (AvgIpc) is 3.96. The summed E-state index contributed by atoms with van der Waals surface area (Å²) in [6.45, 7) is 0. The van der Waals surface area contributed by atoms with Crippen LogP contribution in [-0.2, 0) is 0 Å². The second kappa shape index (κ2) is 15.3. The molecular weight excluding hydrogens is 847 g/mol. The van der Waals surface area contributed by atoms with Crippen molar-refractivity contribution in [3.63, 3.8) is 0 Å². The molecule has 2 aromatic heterocycles. The molecule has 0 bridgehead atoms. The molecule has 0 fully saturated rings. The van der Waals surface area contributed by atoms with Crippen LogP contribution in [-0.4, -0.2) is 0 Å². The van der Waals surface area contributed by atoms with Crippen LogP contribution in [0.2, 0.25) is 0 Å². The standard InChI is InChI=1S/C64H39NS2/c1-4-18-40(19-5-1)63-54-39-56-55(38-53(54)45-24-10-13-29-52(45)64(63)65(43-20-6-2-7-21-43)44-22-8-3-9-23-44)61(41-32-34-48-46-25-14-16-30-57(46)66-59(48)36-41)50-27-11-12-28-51(50)62(56)42-33-35-49-47-26-15-17-31-58(47)67-60(49)37-42/h1-39H. The van der Waals surface area contributed by atoms with Gasteiger partial charge >= 0.3 is 0 Å². The molecule has 12 aromatic carbocycles. The lowest BCUT2D eigenvalue weighted by atomic mass is 9.82. The van der Waals surface area contributed by atoms with Crippen molar-refractivity contribution in [2.75, 3.05) is 4.90 Å². The normalized spacial score (nSPS) is 11.9. The maximum Gasteiger partial charge on any atom is 0.0624 e. The summed E-state index contributed by atoms with van der Waals surface area (Å²) in [5.74, 6) is 0. The van der Waals surface area contributed by atoms with Gasteiger partial charge in [0.05, 0.1) is 5.69 Å². The van der Waals surface area contributed by atoms with E-state index in [9.17, 15) is 0 Å². The molecule has 0 aliphatic rings. The van der Waals surface area contributed by atoms with Crippen molar-refractivity contribution in [3.05, 3.63) is 237 Å². The minimum absolute atomic E-state index is 1.11. The first-order valence-electron chi connectivity index (χ1n) is 22.9. The molecule has 2 heterocycles. The van der Waals surface area contributed by atoms with E-state index < -0.39 is 0 Å². The highest BCUT2D eigenvalue weighted by Gasteiger charge is 2.26. The summed E-state index contributed by atoms with van der Waals surface area (Å²) in [4.78, 5) is 2.47. The van der Waals surface area contributed by atoms with Gasteiger partial charge in [-0.3, -0.25) is 0 Å². The Balaban J connectivity index is 1.18. The molecule has 0 amide bonds. The van der Waals surface area contributed by atoms with Crippen LogP contribution in [0.1, 0.15) is 0 Å². The SMILES string of the molecule is c1ccc(-c2c(N(c3ccccc3)c3ccccc3)c3ccccc3c3cc4c(-c5ccc6c(c5)sc5ccccc56)c5ccccc5c(-c5ccc6c(c5)sc5ccccc56)c4cc23)cc1. The van der Waals surface area contributed by atoms with Crippen LogP contribution < -0.4 is 4.90 Å². The Kier molecular flexibility index (Phi) is 8.70. The number of hydrogen-bond donors (Lipinski definition) is 0. The minimum atomic E-state index is 1.11. The third-order valence-corrected chi connectivity index (χ3v) is 16.1. The second-order valence-electron chi connectivity index (χ2n) is 17.5. The summed E-state index contributed by atoms with van der Waals surface area (Å²) >= 11 is 3.77. The predicted molar refractivity (Wildman–Crippen MR) is 293 cm³/mol. The Morgan fingerprint density at radius 2 is 0.612 bits per heavy atom. The Bertz CT molecular complexity index is 4220. The van der Waals surface area contributed by atoms with E-state index in [2.05, 4.69) is 241 Å². The van der Waals surface area contributed by atoms with Crippen molar-refractivity contribution in [3.8, 4) is 33.4 Å². The van der Waals surface area contributed by atoms with E-state index in [1.54, 1.807) is 0 Å². The molecule has 0 spiro atoms. The second-order valence-corrected chi connectivity index (χ2v) is 19.7. The van der Waals surface area contributed by atoms with Gasteiger partial charge in [0.15, 0.2) is 0 Å². The molecule has 67 heavy (non-hydrogen) atoms. The third kappa shape index (κ3) is 5.99. The first kappa shape index (κ1) is 38.2. The monoisotopic (exact) mass is 885 g/mol. The summed E-state index contributed by atoms with van der Waals surface area (Å²) in [6, 6.07) is 88.0.